The molecule has 1 aromatic carbocycles. The Bertz CT molecular complexity index is 681. The number of H-pyrrole nitrogens is 1. The zero-order chi connectivity index (χ0) is 15.2. The van der Waals surface area contributed by atoms with Crippen LogP contribution in [0.2, 0.25) is 0 Å². The number of hydrazine groups is 1. The predicted octanol–water partition coefficient (Wildman–Crippen LogP) is -0.328. The SMILES string of the molecule is CCOC(=O)CC(=O)NNC(=O)c1ccc2n[nH]nc2c1. The van der Waals surface area contributed by atoms with Gasteiger partial charge in [0.2, 0.25) is 5.91 Å². The van der Waals surface area contributed by atoms with Gasteiger partial charge in [-0.25, -0.2) is 0 Å². The monoisotopic (exact) mass is 291 g/mol. The van der Waals surface area contributed by atoms with E-state index in [9.17, 15) is 14.4 Å². The highest BCUT2D eigenvalue weighted by Gasteiger charge is 2.12. The number of esters is 1. The maximum Gasteiger partial charge on any atom is 0.315 e. The van der Waals surface area contributed by atoms with Gasteiger partial charge in [0.05, 0.1) is 6.61 Å². The Kier molecular flexibility index (Phi) is 4.44. The lowest BCUT2D eigenvalue weighted by Crippen LogP contribution is -2.42. The summed E-state index contributed by atoms with van der Waals surface area (Å²) in [5.41, 5.74) is 5.78. The highest BCUT2D eigenvalue weighted by molar-refractivity contribution is 5.99. The molecule has 9 nitrogen and oxygen atoms in total. The Morgan fingerprint density at radius 3 is 2.71 bits per heavy atom. The number of rotatable bonds is 4. The highest BCUT2D eigenvalue weighted by Crippen LogP contribution is 2.10. The number of ether oxygens (including phenoxy) is 1. The van der Waals surface area contributed by atoms with Gasteiger partial charge < -0.3 is 4.74 Å². The smallest absolute Gasteiger partial charge is 0.315 e. The van der Waals surface area contributed by atoms with Crippen LogP contribution in [0.5, 0.6) is 0 Å². The molecular formula is C12H13N5O4. The normalized spacial score (nSPS) is 10.1. The standard InChI is InChI=1S/C12H13N5O4/c1-2-21-11(19)6-10(18)15-16-12(20)7-3-4-8-9(5-7)14-17-13-8/h3-5H,2,6H2,1H3,(H,15,18)(H,16,20)(H,13,14,17). The van der Waals surface area contributed by atoms with Gasteiger partial charge in [0, 0.05) is 5.56 Å². The molecule has 0 radical (unpaired) electrons. The van der Waals surface area contributed by atoms with Gasteiger partial charge in [-0.3, -0.25) is 25.2 Å². The van der Waals surface area contributed by atoms with E-state index in [1.165, 1.54) is 12.1 Å². The Hall–Kier alpha value is -2.97. The fourth-order valence-electron chi connectivity index (χ4n) is 1.57. The van der Waals surface area contributed by atoms with E-state index >= 15 is 0 Å². The molecule has 2 amide bonds. The topological polar surface area (TPSA) is 126 Å². The van der Waals surface area contributed by atoms with Crippen molar-refractivity contribution in [1.82, 2.24) is 26.3 Å². The minimum Gasteiger partial charge on any atom is -0.466 e. The van der Waals surface area contributed by atoms with Crippen molar-refractivity contribution in [3.05, 3.63) is 23.8 Å². The maximum atomic E-state index is 11.8. The number of nitrogens with one attached hydrogen (secondary N) is 3. The minimum absolute atomic E-state index is 0.191. The molecule has 0 fully saturated rings. The molecule has 1 heterocycles. The zero-order valence-corrected chi connectivity index (χ0v) is 11.2. The van der Waals surface area contributed by atoms with Crippen LogP contribution in [0.4, 0.5) is 0 Å². The van der Waals surface area contributed by atoms with Crippen molar-refractivity contribution in [3.8, 4) is 0 Å². The molecule has 0 atom stereocenters. The van der Waals surface area contributed by atoms with Crippen LogP contribution < -0.4 is 10.9 Å². The summed E-state index contributed by atoms with van der Waals surface area (Å²) in [6.45, 7) is 1.83. The second-order valence-corrected chi connectivity index (χ2v) is 4.01. The molecule has 0 unspecified atom stereocenters. The van der Waals surface area contributed by atoms with Crippen LogP contribution >= 0.6 is 0 Å². The number of carbonyl (C=O) groups excluding carboxylic acids is 3. The van der Waals surface area contributed by atoms with Crippen LogP contribution in [0.25, 0.3) is 11.0 Å². The van der Waals surface area contributed by atoms with Crippen LogP contribution in [0.1, 0.15) is 23.7 Å². The number of hydrogen-bond donors (Lipinski definition) is 3. The Morgan fingerprint density at radius 1 is 1.19 bits per heavy atom. The highest BCUT2D eigenvalue weighted by atomic mass is 16.5. The molecule has 0 saturated carbocycles. The molecule has 0 aliphatic carbocycles. The van der Waals surface area contributed by atoms with Crippen molar-refractivity contribution in [1.29, 1.82) is 0 Å². The summed E-state index contributed by atoms with van der Waals surface area (Å²) in [5.74, 6) is -1.85. The number of fused-ring (bicyclic) bond motifs is 1. The lowest BCUT2D eigenvalue weighted by molar-refractivity contribution is -0.146. The Labute approximate surface area is 119 Å². The Morgan fingerprint density at radius 2 is 1.95 bits per heavy atom. The van der Waals surface area contributed by atoms with Gasteiger partial charge in [-0.2, -0.15) is 15.4 Å². The summed E-state index contributed by atoms with van der Waals surface area (Å²) in [6.07, 6.45) is -0.462. The molecule has 2 rings (SSSR count). The third-order valence-electron chi connectivity index (χ3n) is 2.50. The van der Waals surface area contributed by atoms with E-state index in [1.807, 2.05) is 0 Å². The second kappa shape index (κ2) is 6.46. The molecule has 0 spiro atoms. The molecule has 1 aromatic heterocycles. The molecule has 0 aliphatic heterocycles. The van der Waals surface area contributed by atoms with Crippen LogP contribution in [0, 0.1) is 0 Å². The number of aromatic amines is 1. The zero-order valence-electron chi connectivity index (χ0n) is 11.2. The summed E-state index contributed by atoms with van der Waals surface area (Å²) in [4.78, 5) is 34.3. The van der Waals surface area contributed by atoms with Crippen molar-refractivity contribution in [2.24, 2.45) is 0 Å². The first-order chi connectivity index (χ1) is 10.1. The van der Waals surface area contributed by atoms with E-state index in [0.717, 1.165) is 0 Å². The predicted molar refractivity (Wildman–Crippen MR) is 70.7 cm³/mol. The molecule has 0 bridgehead atoms. The van der Waals surface area contributed by atoms with Gasteiger partial charge in [0.1, 0.15) is 17.5 Å². The first-order valence-electron chi connectivity index (χ1n) is 6.15. The summed E-state index contributed by atoms with van der Waals surface area (Å²) in [6, 6.07) is 4.68. The average molecular weight is 291 g/mol. The summed E-state index contributed by atoms with van der Waals surface area (Å²) >= 11 is 0. The largest absolute Gasteiger partial charge is 0.466 e. The van der Waals surface area contributed by atoms with Crippen LogP contribution in [-0.2, 0) is 14.3 Å². The fraction of sp³-hybridized carbons (Fsp3) is 0.250. The van der Waals surface area contributed by atoms with Crippen molar-refractivity contribution in [2.75, 3.05) is 6.61 Å². The molecule has 0 saturated heterocycles. The van der Waals surface area contributed by atoms with Crippen molar-refractivity contribution >= 4 is 28.8 Å². The van der Waals surface area contributed by atoms with E-state index in [2.05, 4.69) is 31.0 Å². The molecule has 3 N–H and O–H groups in total. The van der Waals surface area contributed by atoms with E-state index in [-0.39, 0.29) is 6.61 Å². The van der Waals surface area contributed by atoms with Gasteiger partial charge >= 0.3 is 5.97 Å². The van der Waals surface area contributed by atoms with E-state index < -0.39 is 24.2 Å². The van der Waals surface area contributed by atoms with Gasteiger partial charge in [0.25, 0.3) is 5.91 Å². The molecule has 9 heteroatoms. The van der Waals surface area contributed by atoms with Crippen LogP contribution in [0.3, 0.4) is 0 Å². The van der Waals surface area contributed by atoms with Crippen LogP contribution in [-0.4, -0.2) is 39.8 Å². The van der Waals surface area contributed by atoms with E-state index in [1.54, 1.807) is 13.0 Å². The molecule has 2 aromatic rings. The molecule has 0 aliphatic rings. The van der Waals surface area contributed by atoms with Crippen molar-refractivity contribution in [3.63, 3.8) is 0 Å². The Balaban J connectivity index is 1.89. The number of carbonyl (C=O) groups is 3. The van der Waals surface area contributed by atoms with Gasteiger partial charge in [-0.05, 0) is 25.1 Å². The van der Waals surface area contributed by atoms with Crippen molar-refractivity contribution < 1.29 is 19.1 Å². The molecule has 110 valence electrons. The van der Waals surface area contributed by atoms with Crippen LogP contribution in [0.15, 0.2) is 18.2 Å². The third kappa shape index (κ3) is 3.75. The third-order valence-corrected chi connectivity index (χ3v) is 2.50. The number of amides is 2. The molecular weight excluding hydrogens is 278 g/mol. The van der Waals surface area contributed by atoms with Gasteiger partial charge in [-0.1, -0.05) is 0 Å². The first-order valence-corrected chi connectivity index (χ1v) is 6.15. The van der Waals surface area contributed by atoms with E-state index in [0.29, 0.717) is 16.6 Å². The van der Waals surface area contributed by atoms with Crippen molar-refractivity contribution in [2.45, 2.75) is 13.3 Å². The summed E-state index contributed by atoms with van der Waals surface area (Å²) < 4.78 is 4.61. The average Bonchev–Trinajstić information content (AvgIpc) is 2.92. The second-order valence-electron chi connectivity index (χ2n) is 4.01. The minimum atomic E-state index is -0.663. The quantitative estimate of drug-likeness (QED) is 0.402. The maximum absolute atomic E-state index is 11.8. The number of nitrogens with zero attached hydrogens (tertiary/aromatic N) is 2. The first kappa shape index (κ1) is 14.4. The fourth-order valence-corrected chi connectivity index (χ4v) is 1.57. The molecule has 21 heavy (non-hydrogen) atoms. The number of benzene rings is 1. The number of hydrogen-bond acceptors (Lipinski definition) is 6. The lowest BCUT2D eigenvalue weighted by Gasteiger charge is -2.07. The van der Waals surface area contributed by atoms with E-state index in [4.69, 9.17) is 0 Å². The summed E-state index contributed by atoms with van der Waals surface area (Å²) in [5, 5.41) is 10.1. The van der Waals surface area contributed by atoms with Gasteiger partial charge in [-0.15, -0.1) is 0 Å². The van der Waals surface area contributed by atoms with Gasteiger partial charge in [0.15, 0.2) is 0 Å². The number of aromatic nitrogens is 3. The summed E-state index contributed by atoms with van der Waals surface area (Å²) in [7, 11) is 0. The lowest BCUT2D eigenvalue weighted by atomic mass is 10.2.